The second-order valence-electron chi connectivity index (χ2n) is 17.3. The van der Waals surface area contributed by atoms with Crippen LogP contribution in [0.25, 0.3) is 106 Å². The molecule has 0 fully saturated rings. The Kier molecular flexibility index (Phi) is 8.80. The number of para-hydroxylation sites is 2. The number of hydrogen-bond donors (Lipinski definition) is 0. The molecule has 0 atom stereocenters. The van der Waals surface area contributed by atoms with Gasteiger partial charge in [-0.3, -0.25) is 0 Å². The molecular weight excluding hydrogens is 777 g/mol. The summed E-state index contributed by atoms with van der Waals surface area (Å²) in [7, 11) is 0. The fourth-order valence-corrected chi connectivity index (χ4v) is 9.79. The lowest BCUT2D eigenvalue weighted by atomic mass is 9.81. The summed E-state index contributed by atoms with van der Waals surface area (Å²) in [5, 5.41) is 2.45. The molecule has 0 spiro atoms. The fourth-order valence-electron chi connectivity index (χ4n) is 9.79. The molecule has 0 amide bonds. The molecule has 64 heavy (non-hydrogen) atoms. The van der Waals surface area contributed by atoms with E-state index in [1.165, 1.54) is 49.6 Å². The highest BCUT2D eigenvalue weighted by molar-refractivity contribution is 6.10. The standard InChI is InChI=1S/C60H42N4/c1-60(2)53-27-14-12-25-49(53)50-31-29-43(38-54(50)60)47-35-45(34-46(36-47)42-30-32-56-52(37-42)51-26-13-15-28-55(51)64(56)48-23-10-5-11-24-48)41-21-16-22-44(33-41)59-62-57(39-17-6-3-7-18-39)61-58(63-59)40-19-8-4-9-20-40/h3-38H,1-2H3. The third-order valence-electron chi connectivity index (χ3n) is 13.0. The molecule has 0 unspecified atom stereocenters. The minimum absolute atomic E-state index is 0.115. The molecule has 9 aromatic carbocycles. The van der Waals surface area contributed by atoms with Gasteiger partial charge in [-0.1, -0.05) is 172 Å². The average molecular weight is 819 g/mol. The van der Waals surface area contributed by atoms with Crippen LogP contribution in [0.4, 0.5) is 0 Å². The van der Waals surface area contributed by atoms with Gasteiger partial charge in [0.25, 0.3) is 0 Å². The van der Waals surface area contributed by atoms with Crippen molar-refractivity contribution in [1.82, 2.24) is 19.5 Å². The lowest BCUT2D eigenvalue weighted by Gasteiger charge is -2.22. The topological polar surface area (TPSA) is 43.6 Å². The van der Waals surface area contributed by atoms with Gasteiger partial charge in [-0.05, 0) is 116 Å². The van der Waals surface area contributed by atoms with Crippen LogP contribution in [0.5, 0.6) is 0 Å². The highest BCUT2D eigenvalue weighted by atomic mass is 15.0. The van der Waals surface area contributed by atoms with Gasteiger partial charge in [0, 0.05) is 38.6 Å². The second-order valence-corrected chi connectivity index (χ2v) is 17.3. The first-order valence-corrected chi connectivity index (χ1v) is 21.9. The quantitative estimate of drug-likeness (QED) is 0.161. The molecule has 1 aliphatic rings. The van der Waals surface area contributed by atoms with E-state index in [1.807, 2.05) is 60.7 Å². The molecule has 1 aliphatic carbocycles. The van der Waals surface area contributed by atoms with Crippen LogP contribution in [0, 0.1) is 0 Å². The van der Waals surface area contributed by atoms with Crippen molar-refractivity contribution in [3.05, 3.63) is 230 Å². The van der Waals surface area contributed by atoms with Crippen LogP contribution in [-0.2, 0) is 5.41 Å². The lowest BCUT2D eigenvalue weighted by Crippen LogP contribution is -2.14. The Labute approximate surface area is 372 Å². The Morgan fingerprint density at radius 3 is 1.47 bits per heavy atom. The normalized spacial score (nSPS) is 12.7. The van der Waals surface area contributed by atoms with Crippen molar-refractivity contribution >= 4 is 21.8 Å². The number of aromatic nitrogens is 4. The largest absolute Gasteiger partial charge is 0.309 e. The highest BCUT2D eigenvalue weighted by Crippen LogP contribution is 2.50. The summed E-state index contributed by atoms with van der Waals surface area (Å²) in [5.41, 5.74) is 18.5. The van der Waals surface area contributed by atoms with E-state index in [-0.39, 0.29) is 5.41 Å². The van der Waals surface area contributed by atoms with Gasteiger partial charge in [0.05, 0.1) is 11.0 Å². The van der Waals surface area contributed by atoms with E-state index in [4.69, 9.17) is 15.0 Å². The van der Waals surface area contributed by atoms with Gasteiger partial charge in [0.2, 0.25) is 0 Å². The second kappa shape index (κ2) is 15.0. The number of fused-ring (bicyclic) bond motifs is 6. The molecular formula is C60H42N4. The fraction of sp³-hybridized carbons (Fsp3) is 0.0500. The molecule has 0 saturated heterocycles. The minimum Gasteiger partial charge on any atom is -0.309 e. The summed E-state index contributed by atoms with van der Waals surface area (Å²) >= 11 is 0. The van der Waals surface area contributed by atoms with E-state index in [9.17, 15) is 0 Å². The van der Waals surface area contributed by atoms with Crippen molar-refractivity contribution in [1.29, 1.82) is 0 Å². The third-order valence-corrected chi connectivity index (χ3v) is 13.0. The predicted molar refractivity (Wildman–Crippen MR) is 264 cm³/mol. The Morgan fingerprint density at radius 2 is 0.781 bits per heavy atom. The first-order valence-electron chi connectivity index (χ1n) is 21.9. The summed E-state index contributed by atoms with van der Waals surface area (Å²) < 4.78 is 2.37. The first kappa shape index (κ1) is 37.5. The van der Waals surface area contributed by atoms with Crippen molar-refractivity contribution in [2.75, 3.05) is 0 Å². The van der Waals surface area contributed by atoms with Gasteiger partial charge in [-0.25, -0.2) is 15.0 Å². The molecule has 2 aromatic heterocycles. The summed E-state index contributed by atoms with van der Waals surface area (Å²) in [6.45, 7) is 4.70. The molecule has 302 valence electrons. The minimum atomic E-state index is -0.115. The van der Waals surface area contributed by atoms with Crippen molar-refractivity contribution < 1.29 is 0 Å². The molecule has 11 aromatic rings. The van der Waals surface area contributed by atoms with Gasteiger partial charge in [-0.15, -0.1) is 0 Å². The van der Waals surface area contributed by atoms with Crippen molar-refractivity contribution in [3.8, 4) is 84.4 Å². The molecule has 0 aliphatic heterocycles. The number of benzene rings is 9. The molecule has 0 saturated carbocycles. The maximum atomic E-state index is 5.08. The van der Waals surface area contributed by atoms with Gasteiger partial charge in [0.1, 0.15) is 0 Å². The lowest BCUT2D eigenvalue weighted by molar-refractivity contribution is 0.660. The maximum Gasteiger partial charge on any atom is 0.164 e. The van der Waals surface area contributed by atoms with Gasteiger partial charge < -0.3 is 4.57 Å². The smallest absolute Gasteiger partial charge is 0.164 e. The Morgan fingerprint density at radius 1 is 0.312 bits per heavy atom. The Balaban J connectivity index is 1.04. The summed E-state index contributed by atoms with van der Waals surface area (Å²) in [6, 6.07) is 78.2. The number of nitrogens with zero attached hydrogens (tertiary/aromatic N) is 4. The zero-order valence-corrected chi connectivity index (χ0v) is 35.6. The van der Waals surface area contributed by atoms with Gasteiger partial charge >= 0.3 is 0 Å². The first-order chi connectivity index (χ1) is 31.5. The van der Waals surface area contributed by atoms with Gasteiger partial charge in [0.15, 0.2) is 17.5 Å². The number of rotatable bonds is 7. The molecule has 4 nitrogen and oxygen atoms in total. The molecule has 2 heterocycles. The van der Waals surface area contributed by atoms with Crippen molar-refractivity contribution in [2.24, 2.45) is 0 Å². The Hall–Kier alpha value is -8.21. The monoisotopic (exact) mass is 818 g/mol. The molecule has 12 rings (SSSR count). The molecule has 0 N–H and O–H groups in total. The average Bonchev–Trinajstić information content (AvgIpc) is 3.82. The van der Waals surface area contributed by atoms with Crippen LogP contribution in [0.2, 0.25) is 0 Å². The summed E-state index contributed by atoms with van der Waals surface area (Å²) in [4.78, 5) is 15.1. The Bertz CT molecular complexity index is 3510. The predicted octanol–water partition coefficient (Wildman–Crippen LogP) is 15.3. The van der Waals surface area contributed by atoms with Crippen LogP contribution in [0.3, 0.4) is 0 Å². The van der Waals surface area contributed by atoms with E-state index < -0.39 is 0 Å². The molecule has 4 heteroatoms. The van der Waals surface area contributed by atoms with Crippen LogP contribution in [0.15, 0.2) is 218 Å². The van der Waals surface area contributed by atoms with Crippen molar-refractivity contribution in [3.63, 3.8) is 0 Å². The van der Waals surface area contributed by atoms with Gasteiger partial charge in [-0.2, -0.15) is 0 Å². The van der Waals surface area contributed by atoms with E-state index in [1.54, 1.807) is 0 Å². The van der Waals surface area contributed by atoms with Crippen molar-refractivity contribution in [2.45, 2.75) is 19.3 Å². The zero-order chi connectivity index (χ0) is 42.8. The van der Waals surface area contributed by atoms with Crippen LogP contribution in [-0.4, -0.2) is 19.5 Å². The van der Waals surface area contributed by atoms with Crippen LogP contribution in [0.1, 0.15) is 25.0 Å². The highest BCUT2D eigenvalue weighted by Gasteiger charge is 2.35. The van der Waals surface area contributed by atoms with Crippen LogP contribution < -0.4 is 0 Å². The van der Waals surface area contributed by atoms with E-state index >= 15 is 0 Å². The molecule has 0 radical (unpaired) electrons. The summed E-state index contributed by atoms with van der Waals surface area (Å²) in [5.74, 6) is 1.92. The maximum absolute atomic E-state index is 5.08. The molecule has 0 bridgehead atoms. The zero-order valence-electron chi connectivity index (χ0n) is 35.6. The number of hydrogen-bond acceptors (Lipinski definition) is 3. The summed E-state index contributed by atoms with van der Waals surface area (Å²) in [6.07, 6.45) is 0. The van der Waals surface area contributed by atoms with E-state index in [0.717, 1.165) is 50.2 Å². The third kappa shape index (κ3) is 6.34. The van der Waals surface area contributed by atoms with E-state index in [0.29, 0.717) is 17.5 Å². The SMILES string of the molecule is CC1(C)c2ccccc2-c2ccc(-c3cc(-c4cccc(-c5nc(-c6ccccc6)nc(-c6ccccc6)n5)c4)cc(-c4ccc5c(c4)c4ccccc4n5-c4ccccc4)c3)cc21. The van der Waals surface area contributed by atoms with Crippen LogP contribution >= 0.6 is 0 Å². The van der Waals surface area contributed by atoms with E-state index in [2.05, 4.69) is 176 Å².